The van der Waals surface area contributed by atoms with E-state index < -0.39 is 0 Å². The molecule has 0 saturated heterocycles. The molecule has 4 unspecified atom stereocenters. The van der Waals surface area contributed by atoms with E-state index in [2.05, 4.69) is 6.92 Å². The highest BCUT2D eigenvalue weighted by Gasteiger charge is 2.60. The van der Waals surface area contributed by atoms with Crippen LogP contribution in [0.3, 0.4) is 0 Å². The summed E-state index contributed by atoms with van der Waals surface area (Å²) in [5.41, 5.74) is 6.86. The van der Waals surface area contributed by atoms with Crippen molar-refractivity contribution in [2.24, 2.45) is 28.9 Å². The SMILES string of the molecule is CC(N)[C@@]12CCCC1C1CCC2C1.Cl. The number of hydrogen-bond acceptors (Lipinski definition) is 1. The molecule has 3 saturated carbocycles. The summed E-state index contributed by atoms with van der Waals surface area (Å²) in [7, 11) is 0. The largest absolute Gasteiger partial charge is 0.327 e. The summed E-state index contributed by atoms with van der Waals surface area (Å²) < 4.78 is 0. The van der Waals surface area contributed by atoms with E-state index >= 15 is 0 Å². The summed E-state index contributed by atoms with van der Waals surface area (Å²) in [4.78, 5) is 0. The molecule has 0 heterocycles. The zero-order valence-corrected chi connectivity index (χ0v) is 9.85. The van der Waals surface area contributed by atoms with Gasteiger partial charge in [-0.3, -0.25) is 0 Å². The van der Waals surface area contributed by atoms with E-state index in [-0.39, 0.29) is 12.4 Å². The second-order valence-corrected chi connectivity index (χ2v) is 5.67. The lowest BCUT2D eigenvalue weighted by atomic mass is 9.64. The van der Waals surface area contributed by atoms with Crippen molar-refractivity contribution < 1.29 is 0 Å². The maximum atomic E-state index is 6.26. The van der Waals surface area contributed by atoms with Gasteiger partial charge >= 0.3 is 0 Å². The minimum atomic E-state index is 0. The molecular formula is C12H22ClN. The van der Waals surface area contributed by atoms with Crippen molar-refractivity contribution in [1.82, 2.24) is 0 Å². The van der Waals surface area contributed by atoms with Crippen LogP contribution in [0, 0.1) is 23.2 Å². The molecule has 0 aliphatic heterocycles. The average molecular weight is 216 g/mol. The third kappa shape index (κ3) is 1.06. The molecule has 3 fully saturated rings. The first-order chi connectivity index (χ1) is 6.25. The molecule has 82 valence electrons. The standard InChI is InChI=1S/C12H21N.ClH/c1-8(13)12-6-2-3-11(12)9-4-5-10(12)7-9;/h8-11H,2-7,13H2,1H3;1H/t8?,9?,10?,11?,12-;/m1./s1. The van der Waals surface area contributed by atoms with Crippen molar-refractivity contribution in [3.63, 3.8) is 0 Å². The molecule has 3 aliphatic carbocycles. The summed E-state index contributed by atoms with van der Waals surface area (Å²) in [6.07, 6.45) is 8.91. The molecule has 0 amide bonds. The van der Waals surface area contributed by atoms with E-state index in [0.29, 0.717) is 11.5 Å². The maximum Gasteiger partial charge on any atom is 0.00724 e. The Morgan fingerprint density at radius 3 is 2.71 bits per heavy atom. The summed E-state index contributed by atoms with van der Waals surface area (Å²) in [6, 6.07) is 0.454. The van der Waals surface area contributed by atoms with Crippen LogP contribution in [0.4, 0.5) is 0 Å². The molecule has 5 atom stereocenters. The first-order valence-corrected chi connectivity index (χ1v) is 6.00. The molecule has 0 aromatic carbocycles. The molecule has 0 spiro atoms. The molecule has 2 heteroatoms. The predicted molar refractivity (Wildman–Crippen MR) is 61.5 cm³/mol. The van der Waals surface area contributed by atoms with Crippen molar-refractivity contribution in [3.05, 3.63) is 0 Å². The summed E-state index contributed by atoms with van der Waals surface area (Å²) in [5, 5.41) is 0. The van der Waals surface area contributed by atoms with Crippen molar-refractivity contribution in [2.75, 3.05) is 0 Å². The van der Waals surface area contributed by atoms with Crippen molar-refractivity contribution in [2.45, 2.75) is 51.5 Å². The first-order valence-electron chi connectivity index (χ1n) is 6.00. The second kappa shape index (κ2) is 3.38. The molecule has 3 rings (SSSR count). The van der Waals surface area contributed by atoms with Crippen LogP contribution in [0.15, 0.2) is 0 Å². The predicted octanol–water partition coefficient (Wildman–Crippen LogP) is 2.97. The van der Waals surface area contributed by atoms with Crippen LogP contribution < -0.4 is 5.73 Å². The molecule has 1 nitrogen and oxygen atoms in total. The van der Waals surface area contributed by atoms with Gasteiger partial charge in [0, 0.05) is 6.04 Å². The highest BCUT2D eigenvalue weighted by atomic mass is 35.5. The van der Waals surface area contributed by atoms with Crippen LogP contribution in [0.2, 0.25) is 0 Å². The number of fused-ring (bicyclic) bond motifs is 5. The second-order valence-electron chi connectivity index (χ2n) is 5.67. The Bertz CT molecular complexity index is 228. The van der Waals surface area contributed by atoms with Crippen LogP contribution in [0.5, 0.6) is 0 Å². The lowest BCUT2D eigenvalue weighted by Gasteiger charge is -2.43. The van der Waals surface area contributed by atoms with Gasteiger partial charge in [0.1, 0.15) is 0 Å². The Hall–Kier alpha value is 0.250. The van der Waals surface area contributed by atoms with E-state index in [0.717, 1.165) is 17.8 Å². The Morgan fingerprint density at radius 2 is 2.07 bits per heavy atom. The quantitative estimate of drug-likeness (QED) is 0.715. The van der Waals surface area contributed by atoms with Crippen molar-refractivity contribution >= 4 is 12.4 Å². The molecule has 0 radical (unpaired) electrons. The number of halogens is 1. The minimum absolute atomic E-state index is 0. The monoisotopic (exact) mass is 215 g/mol. The summed E-state index contributed by atoms with van der Waals surface area (Å²) >= 11 is 0. The first kappa shape index (κ1) is 10.8. The Kier molecular flexibility index (Phi) is 2.60. The van der Waals surface area contributed by atoms with Crippen LogP contribution in [-0.2, 0) is 0 Å². The van der Waals surface area contributed by atoms with Gasteiger partial charge in [-0.2, -0.15) is 0 Å². The fourth-order valence-corrected chi connectivity index (χ4v) is 5.07. The van der Waals surface area contributed by atoms with E-state index in [1.807, 2.05) is 0 Å². The zero-order chi connectivity index (χ0) is 9.05. The highest BCUT2D eigenvalue weighted by molar-refractivity contribution is 5.85. The van der Waals surface area contributed by atoms with Crippen LogP contribution in [0.1, 0.15) is 45.4 Å². The Morgan fingerprint density at radius 1 is 1.29 bits per heavy atom. The van der Waals surface area contributed by atoms with Gasteiger partial charge in [-0.05, 0) is 62.2 Å². The molecule has 2 N–H and O–H groups in total. The lowest BCUT2D eigenvalue weighted by molar-refractivity contribution is 0.0839. The van der Waals surface area contributed by atoms with Crippen LogP contribution >= 0.6 is 12.4 Å². The molecule has 14 heavy (non-hydrogen) atoms. The fourth-order valence-electron chi connectivity index (χ4n) is 5.07. The Labute approximate surface area is 93.2 Å². The normalized spacial score (nSPS) is 51.4. The van der Waals surface area contributed by atoms with Crippen molar-refractivity contribution in [3.8, 4) is 0 Å². The minimum Gasteiger partial charge on any atom is -0.327 e. The highest BCUT2D eigenvalue weighted by Crippen LogP contribution is 2.67. The molecule has 3 aliphatic rings. The topological polar surface area (TPSA) is 26.0 Å². The maximum absolute atomic E-state index is 6.26. The molecule has 2 bridgehead atoms. The summed E-state index contributed by atoms with van der Waals surface area (Å²) in [6.45, 7) is 2.26. The fraction of sp³-hybridized carbons (Fsp3) is 1.00. The Balaban J connectivity index is 0.000000750. The van der Waals surface area contributed by atoms with Crippen LogP contribution in [-0.4, -0.2) is 6.04 Å². The van der Waals surface area contributed by atoms with Gasteiger partial charge in [0.25, 0.3) is 0 Å². The zero-order valence-electron chi connectivity index (χ0n) is 9.04. The van der Waals surface area contributed by atoms with Gasteiger partial charge in [0.05, 0.1) is 0 Å². The van der Waals surface area contributed by atoms with E-state index in [4.69, 9.17) is 5.73 Å². The van der Waals surface area contributed by atoms with Gasteiger partial charge < -0.3 is 5.73 Å². The third-order valence-corrected chi connectivity index (χ3v) is 5.47. The van der Waals surface area contributed by atoms with Crippen molar-refractivity contribution in [1.29, 1.82) is 0 Å². The van der Waals surface area contributed by atoms with E-state index in [9.17, 15) is 0 Å². The average Bonchev–Trinajstić information content (AvgIpc) is 2.76. The van der Waals surface area contributed by atoms with Crippen LogP contribution in [0.25, 0.3) is 0 Å². The van der Waals surface area contributed by atoms with Gasteiger partial charge in [-0.25, -0.2) is 0 Å². The number of rotatable bonds is 1. The molecule has 0 aromatic rings. The number of nitrogens with two attached hydrogens (primary N) is 1. The smallest absolute Gasteiger partial charge is 0.00724 e. The third-order valence-electron chi connectivity index (χ3n) is 5.47. The lowest BCUT2D eigenvalue weighted by Crippen LogP contribution is -2.46. The van der Waals surface area contributed by atoms with Gasteiger partial charge in [0.2, 0.25) is 0 Å². The molecule has 0 aromatic heterocycles. The van der Waals surface area contributed by atoms with Gasteiger partial charge in [-0.15, -0.1) is 12.4 Å². The number of hydrogen-bond donors (Lipinski definition) is 1. The van der Waals surface area contributed by atoms with Gasteiger partial charge in [0.15, 0.2) is 0 Å². The summed E-state index contributed by atoms with van der Waals surface area (Å²) in [5.74, 6) is 3.09. The molecular weight excluding hydrogens is 194 g/mol. The van der Waals surface area contributed by atoms with E-state index in [1.165, 1.54) is 38.5 Å². The van der Waals surface area contributed by atoms with Gasteiger partial charge in [-0.1, -0.05) is 6.42 Å². The van der Waals surface area contributed by atoms with E-state index in [1.54, 1.807) is 0 Å².